The molecular weight excluding hydrogens is 321 g/mol. The maximum atomic E-state index is 12.8. The molecule has 3 nitrogen and oxygen atoms in total. The van der Waals surface area contributed by atoms with Gasteiger partial charge in [0.1, 0.15) is 22.1 Å². The van der Waals surface area contributed by atoms with Crippen molar-refractivity contribution in [2.75, 3.05) is 11.9 Å². The van der Waals surface area contributed by atoms with E-state index in [1.807, 2.05) is 6.07 Å². The van der Waals surface area contributed by atoms with E-state index < -0.39 is 0 Å². The summed E-state index contributed by atoms with van der Waals surface area (Å²) in [6, 6.07) is 8.41. The third-order valence-corrected chi connectivity index (χ3v) is 3.27. The number of rotatable bonds is 5. The van der Waals surface area contributed by atoms with Crippen LogP contribution in [-0.4, -0.2) is 16.5 Å². The smallest absolute Gasteiger partial charge is 0.134 e. The van der Waals surface area contributed by atoms with Crippen molar-refractivity contribution in [1.29, 1.82) is 0 Å². The van der Waals surface area contributed by atoms with Crippen LogP contribution >= 0.6 is 15.9 Å². The number of hydrogen-bond donors (Lipinski definition) is 1. The van der Waals surface area contributed by atoms with Gasteiger partial charge < -0.3 is 5.32 Å². The second kappa shape index (κ2) is 6.79. The summed E-state index contributed by atoms with van der Waals surface area (Å²) >= 11 is 3.39. The topological polar surface area (TPSA) is 37.8 Å². The van der Waals surface area contributed by atoms with E-state index in [2.05, 4.69) is 45.1 Å². The Kier molecular flexibility index (Phi) is 5.06. The van der Waals surface area contributed by atoms with E-state index in [0.29, 0.717) is 0 Å². The minimum absolute atomic E-state index is 0.206. The van der Waals surface area contributed by atoms with Crippen molar-refractivity contribution in [3.63, 3.8) is 0 Å². The summed E-state index contributed by atoms with van der Waals surface area (Å²) in [6.07, 6.45) is 0.818. The molecular formula is C15H17BrFN3. The third-order valence-electron chi connectivity index (χ3n) is 2.86. The molecule has 0 saturated heterocycles. The highest BCUT2D eigenvalue weighted by atomic mass is 79.9. The Hall–Kier alpha value is -1.49. The Morgan fingerprint density at radius 1 is 1.20 bits per heavy atom. The quantitative estimate of drug-likeness (QED) is 0.832. The predicted molar refractivity (Wildman–Crippen MR) is 82.4 cm³/mol. The highest BCUT2D eigenvalue weighted by molar-refractivity contribution is 9.10. The van der Waals surface area contributed by atoms with Crippen LogP contribution in [0.5, 0.6) is 0 Å². The van der Waals surface area contributed by atoms with Gasteiger partial charge in [-0.1, -0.05) is 26.0 Å². The molecule has 5 heteroatoms. The van der Waals surface area contributed by atoms with Gasteiger partial charge in [-0.2, -0.15) is 0 Å². The first-order chi connectivity index (χ1) is 9.54. The van der Waals surface area contributed by atoms with Gasteiger partial charge >= 0.3 is 0 Å². The van der Waals surface area contributed by atoms with Crippen molar-refractivity contribution in [3.8, 4) is 0 Å². The summed E-state index contributed by atoms with van der Waals surface area (Å²) in [5.41, 5.74) is 1.09. The van der Waals surface area contributed by atoms with Crippen LogP contribution in [0.2, 0.25) is 0 Å². The van der Waals surface area contributed by atoms with E-state index in [0.717, 1.165) is 34.8 Å². The first-order valence-corrected chi connectivity index (χ1v) is 7.36. The fraction of sp³-hybridized carbons (Fsp3) is 0.333. The molecule has 106 valence electrons. The molecule has 1 aromatic heterocycles. The van der Waals surface area contributed by atoms with Gasteiger partial charge in [-0.3, -0.25) is 0 Å². The highest BCUT2D eigenvalue weighted by Crippen LogP contribution is 2.17. The molecule has 0 radical (unpaired) electrons. The number of anilines is 1. The standard InChI is InChI=1S/C15H17BrFN3/c1-10(2)15-19-13(16)9-14(20-15)18-8-7-11-3-5-12(17)6-4-11/h3-6,9-10H,7-8H2,1-2H3,(H,18,19,20). The van der Waals surface area contributed by atoms with Gasteiger partial charge in [-0.15, -0.1) is 0 Å². The molecule has 1 N–H and O–H groups in total. The molecule has 0 aliphatic rings. The van der Waals surface area contributed by atoms with Crippen molar-refractivity contribution >= 4 is 21.7 Å². The zero-order chi connectivity index (χ0) is 14.5. The van der Waals surface area contributed by atoms with Crippen LogP contribution < -0.4 is 5.32 Å². The molecule has 20 heavy (non-hydrogen) atoms. The van der Waals surface area contributed by atoms with Gasteiger partial charge in [0.05, 0.1) is 0 Å². The average Bonchev–Trinajstić information content (AvgIpc) is 2.40. The van der Waals surface area contributed by atoms with Crippen molar-refractivity contribution in [2.45, 2.75) is 26.2 Å². The van der Waals surface area contributed by atoms with Crippen LogP contribution in [0.15, 0.2) is 34.9 Å². The number of hydrogen-bond acceptors (Lipinski definition) is 3. The Morgan fingerprint density at radius 2 is 1.90 bits per heavy atom. The van der Waals surface area contributed by atoms with Crippen molar-refractivity contribution in [2.24, 2.45) is 0 Å². The molecule has 2 rings (SSSR count). The maximum absolute atomic E-state index is 12.8. The first kappa shape index (κ1) is 14.9. The van der Waals surface area contributed by atoms with Crippen molar-refractivity contribution < 1.29 is 4.39 Å². The Morgan fingerprint density at radius 3 is 2.55 bits per heavy atom. The van der Waals surface area contributed by atoms with Crippen LogP contribution in [0.25, 0.3) is 0 Å². The molecule has 0 spiro atoms. The van der Waals surface area contributed by atoms with Gasteiger partial charge in [0.25, 0.3) is 0 Å². The summed E-state index contributed by atoms with van der Waals surface area (Å²) in [5.74, 6) is 1.69. The Balaban J connectivity index is 1.95. The molecule has 0 aliphatic carbocycles. The average molecular weight is 338 g/mol. The fourth-order valence-electron chi connectivity index (χ4n) is 1.77. The highest BCUT2D eigenvalue weighted by Gasteiger charge is 2.06. The molecule has 1 aromatic carbocycles. The lowest BCUT2D eigenvalue weighted by molar-refractivity contribution is 0.627. The fourth-order valence-corrected chi connectivity index (χ4v) is 2.17. The molecule has 0 unspecified atom stereocenters. The second-order valence-corrected chi connectivity index (χ2v) is 5.70. The van der Waals surface area contributed by atoms with Gasteiger partial charge in [0, 0.05) is 18.5 Å². The van der Waals surface area contributed by atoms with E-state index in [1.165, 1.54) is 12.1 Å². The lowest BCUT2D eigenvalue weighted by Crippen LogP contribution is -2.09. The molecule has 0 atom stereocenters. The number of nitrogens with one attached hydrogen (secondary N) is 1. The van der Waals surface area contributed by atoms with E-state index in [4.69, 9.17) is 0 Å². The van der Waals surface area contributed by atoms with Crippen LogP contribution in [0.4, 0.5) is 10.2 Å². The van der Waals surface area contributed by atoms with E-state index in [1.54, 1.807) is 12.1 Å². The zero-order valence-electron chi connectivity index (χ0n) is 11.5. The van der Waals surface area contributed by atoms with Gasteiger partial charge in [-0.25, -0.2) is 14.4 Å². The first-order valence-electron chi connectivity index (χ1n) is 6.57. The number of nitrogens with zero attached hydrogens (tertiary/aromatic N) is 2. The minimum Gasteiger partial charge on any atom is -0.370 e. The molecule has 1 heterocycles. The summed E-state index contributed by atoms with van der Waals surface area (Å²) in [4.78, 5) is 8.80. The molecule has 0 fully saturated rings. The third kappa shape index (κ3) is 4.27. The Labute approximate surface area is 126 Å². The van der Waals surface area contributed by atoms with E-state index in [-0.39, 0.29) is 11.7 Å². The van der Waals surface area contributed by atoms with Crippen LogP contribution in [0.3, 0.4) is 0 Å². The van der Waals surface area contributed by atoms with Gasteiger partial charge in [0.2, 0.25) is 0 Å². The SMILES string of the molecule is CC(C)c1nc(Br)cc(NCCc2ccc(F)cc2)n1. The molecule has 0 bridgehead atoms. The summed E-state index contributed by atoms with van der Waals surface area (Å²) in [5, 5.41) is 3.27. The van der Waals surface area contributed by atoms with Crippen molar-refractivity contribution in [1.82, 2.24) is 9.97 Å². The molecule has 0 saturated carbocycles. The zero-order valence-corrected chi connectivity index (χ0v) is 13.1. The Bertz CT molecular complexity index is 570. The lowest BCUT2D eigenvalue weighted by atomic mass is 10.1. The summed E-state index contributed by atoms with van der Waals surface area (Å²) in [6.45, 7) is 4.86. The minimum atomic E-state index is -0.206. The molecule has 0 amide bonds. The lowest BCUT2D eigenvalue weighted by Gasteiger charge is -2.09. The van der Waals surface area contributed by atoms with Crippen LogP contribution in [0, 0.1) is 5.82 Å². The second-order valence-electron chi connectivity index (χ2n) is 4.89. The molecule has 0 aliphatic heterocycles. The molecule has 2 aromatic rings. The normalized spacial score (nSPS) is 10.8. The van der Waals surface area contributed by atoms with Crippen LogP contribution in [0.1, 0.15) is 31.2 Å². The number of halogens is 2. The van der Waals surface area contributed by atoms with Gasteiger partial charge in [0.15, 0.2) is 0 Å². The monoisotopic (exact) mass is 337 g/mol. The van der Waals surface area contributed by atoms with Crippen molar-refractivity contribution in [3.05, 3.63) is 52.1 Å². The summed E-state index contributed by atoms with van der Waals surface area (Å²) in [7, 11) is 0. The number of benzene rings is 1. The van der Waals surface area contributed by atoms with E-state index >= 15 is 0 Å². The summed E-state index contributed by atoms with van der Waals surface area (Å²) < 4.78 is 13.6. The largest absolute Gasteiger partial charge is 0.370 e. The number of aromatic nitrogens is 2. The predicted octanol–water partition coefficient (Wildman–Crippen LogP) is 4.16. The maximum Gasteiger partial charge on any atom is 0.134 e. The van der Waals surface area contributed by atoms with Gasteiger partial charge in [-0.05, 0) is 40.0 Å². The van der Waals surface area contributed by atoms with E-state index in [9.17, 15) is 4.39 Å². The van der Waals surface area contributed by atoms with Crippen LogP contribution in [-0.2, 0) is 6.42 Å².